The summed E-state index contributed by atoms with van der Waals surface area (Å²) in [6.07, 6.45) is -2.51. The molecule has 1 amide bonds. The van der Waals surface area contributed by atoms with Gasteiger partial charge in [-0.15, -0.1) is 0 Å². The number of amides is 1. The minimum absolute atomic E-state index is 0.400. The minimum Gasteiger partial charge on any atom is -0.388 e. The third-order valence-corrected chi connectivity index (χ3v) is 2.18. The van der Waals surface area contributed by atoms with Crippen LogP contribution in [0.2, 0.25) is 0 Å². The van der Waals surface area contributed by atoms with Gasteiger partial charge in [0.1, 0.15) is 0 Å². The summed E-state index contributed by atoms with van der Waals surface area (Å²) in [5, 5.41) is 2.91. The molecule has 0 aliphatic heterocycles. The van der Waals surface area contributed by atoms with Gasteiger partial charge in [-0.1, -0.05) is 0 Å². The Hall–Kier alpha value is -1.65. The molecule has 1 aromatic rings. The molecule has 0 aromatic heterocycles. The lowest BCUT2D eigenvalue weighted by Gasteiger charge is -2.16. The molecule has 0 aliphatic rings. The highest BCUT2D eigenvalue weighted by molar-refractivity contribution is 5.94. The van der Waals surface area contributed by atoms with Gasteiger partial charge in [0, 0.05) is 25.3 Å². The molecule has 0 fully saturated rings. The molecule has 0 spiro atoms. The fourth-order valence-electron chi connectivity index (χ4n) is 1.29. The second-order valence-corrected chi connectivity index (χ2v) is 3.40. The van der Waals surface area contributed by atoms with Crippen LogP contribution in [0.5, 0.6) is 0 Å². The van der Waals surface area contributed by atoms with Crippen LogP contribution in [0.1, 0.15) is 10.4 Å². The fraction of sp³-hybridized carbons (Fsp3) is 0.364. The van der Waals surface area contributed by atoms with E-state index in [-0.39, 0.29) is 0 Å². The fourth-order valence-corrected chi connectivity index (χ4v) is 1.29. The minimum atomic E-state index is -2.51. The highest BCUT2D eigenvalue weighted by atomic mass is 19.3. The number of rotatable bonds is 4. The first-order valence-corrected chi connectivity index (χ1v) is 4.86. The predicted molar refractivity (Wildman–Crippen MR) is 59.0 cm³/mol. The SMILES string of the molecule is CNc1ccc(C(=O)N(C)CC(F)F)cc1. The largest absolute Gasteiger partial charge is 0.388 e. The van der Waals surface area contributed by atoms with Crippen LogP contribution in [-0.2, 0) is 0 Å². The number of carbonyl (C=O) groups excluding carboxylic acids is 1. The predicted octanol–water partition coefficient (Wildman–Crippen LogP) is 2.07. The molecule has 5 heteroatoms. The van der Waals surface area contributed by atoms with E-state index in [1.165, 1.54) is 7.05 Å². The van der Waals surface area contributed by atoms with Crippen molar-refractivity contribution in [1.29, 1.82) is 0 Å². The highest BCUT2D eigenvalue weighted by Gasteiger charge is 2.15. The molecule has 88 valence electrons. The quantitative estimate of drug-likeness (QED) is 0.855. The molecule has 0 saturated heterocycles. The molecular weight excluding hydrogens is 214 g/mol. The number of hydrogen-bond donors (Lipinski definition) is 1. The molecule has 3 nitrogen and oxygen atoms in total. The summed E-state index contributed by atoms with van der Waals surface area (Å²) in [6, 6.07) is 6.67. The number of nitrogens with zero attached hydrogens (tertiary/aromatic N) is 1. The smallest absolute Gasteiger partial charge is 0.255 e. The average Bonchev–Trinajstić information content (AvgIpc) is 2.27. The van der Waals surface area contributed by atoms with E-state index in [0.717, 1.165) is 10.6 Å². The molecule has 1 N–H and O–H groups in total. The molecular formula is C11H14F2N2O. The summed E-state index contributed by atoms with van der Waals surface area (Å²) < 4.78 is 24.2. The number of halogens is 2. The molecule has 0 aliphatic carbocycles. The maximum absolute atomic E-state index is 12.1. The zero-order chi connectivity index (χ0) is 12.1. The number of alkyl halides is 2. The maximum atomic E-state index is 12.1. The first-order valence-electron chi connectivity index (χ1n) is 4.86. The van der Waals surface area contributed by atoms with Crippen LogP contribution in [0.25, 0.3) is 0 Å². The van der Waals surface area contributed by atoms with E-state index in [1.54, 1.807) is 31.3 Å². The Kier molecular flexibility index (Phi) is 4.22. The Morgan fingerprint density at radius 2 is 1.94 bits per heavy atom. The topological polar surface area (TPSA) is 32.3 Å². The Bertz CT molecular complexity index is 352. The van der Waals surface area contributed by atoms with Crippen molar-refractivity contribution in [2.24, 2.45) is 0 Å². The molecule has 0 radical (unpaired) electrons. The summed E-state index contributed by atoms with van der Waals surface area (Å²) >= 11 is 0. The Morgan fingerprint density at radius 1 is 1.38 bits per heavy atom. The second kappa shape index (κ2) is 5.44. The van der Waals surface area contributed by atoms with E-state index < -0.39 is 18.9 Å². The molecule has 0 atom stereocenters. The van der Waals surface area contributed by atoms with Crippen molar-refractivity contribution in [2.75, 3.05) is 26.0 Å². The molecule has 0 bridgehead atoms. The molecule has 1 rings (SSSR count). The standard InChI is InChI=1S/C11H14F2N2O/c1-14-9-5-3-8(4-6-9)11(16)15(2)7-10(12)13/h3-6,10,14H,7H2,1-2H3. The van der Waals surface area contributed by atoms with Crippen molar-refractivity contribution in [1.82, 2.24) is 4.90 Å². The summed E-state index contributed by atoms with van der Waals surface area (Å²) in [5.74, 6) is -0.400. The first kappa shape index (κ1) is 12.4. The molecule has 16 heavy (non-hydrogen) atoms. The van der Waals surface area contributed by atoms with Crippen LogP contribution in [0.3, 0.4) is 0 Å². The molecule has 1 aromatic carbocycles. The number of hydrogen-bond acceptors (Lipinski definition) is 2. The van der Waals surface area contributed by atoms with Crippen LogP contribution >= 0.6 is 0 Å². The van der Waals surface area contributed by atoms with E-state index in [4.69, 9.17) is 0 Å². The summed E-state index contributed by atoms with van der Waals surface area (Å²) in [6.45, 7) is -0.549. The van der Waals surface area contributed by atoms with Crippen molar-refractivity contribution in [3.8, 4) is 0 Å². The van der Waals surface area contributed by atoms with Gasteiger partial charge in [0.2, 0.25) is 0 Å². The summed E-state index contributed by atoms with van der Waals surface area (Å²) in [4.78, 5) is 12.7. The lowest BCUT2D eigenvalue weighted by molar-refractivity contribution is 0.0620. The van der Waals surface area contributed by atoms with Crippen molar-refractivity contribution < 1.29 is 13.6 Å². The maximum Gasteiger partial charge on any atom is 0.255 e. The molecule has 0 unspecified atom stereocenters. The van der Waals surface area contributed by atoms with Crippen molar-refractivity contribution in [2.45, 2.75) is 6.43 Å². The van der Waals surface area contributed by atoms with Gasteiger partial charge in [-0.2, -0.15) is 0 Å². The van der Waals surface area contributed by atoms with Gasteiger partial charge in [-0.05, 0) is 24.3 Å². The highest BCUT2D eigenvalue weighted by Crippen LogP contribution is 2.10. The van der Waals surface area contributed by atoms with Crippen LogP contribution in [0.15, 0.2) is 24.3 Å². The lowest BCUT2D eigenvalue weighted by Crippen LogP contribution is -2.31. The van der Waals surface area contributed by atoms with Gasteiger partial charge in [0.05, 0.1) is 6.54 Å². The number of benzene rings is 1. The monoisotopic (exact) mass is 228 g/mol. The summed E-state index contributed by atoms with van der Waals surface area (Å²) in [7, 11) is 3.13. The van der Waals surface area contributed by atoms with E-state index in [1.807, 2.05) is 0 Å². The summed E-state index contributed by atoms with van der Waals surface area (Å²) in [5.41, 5.74) is 1.27. The third kappa shape index (κ3) is 3.18. The van der Waals surface area contributed by atoms with Crippen molar-refractivity contribution in [3.05, 3.63) is 29.8 Å². The van der Waals surface area contributed by atoms with Crippen LogP contribution in [-0.4, -0.2) is 37.9 Å². The van der Waals surface area contributed by atoms with Gasteiger partial charge in [-0.25, -0.2) is 8.78 Å². The molecule has 0 heterocycles. The second-order valence-electron chi connectivity index (χ2n) is 3.40. The van der Waals surface area contributed by atoms with Gasteiger partial charge in [0.25, 0.3) is 12.3 Å². The van der Waals surface area contributed by atoms with Crippen LogP contribution in [0, 0.1) is 0 Å². The van der Waals surface area contributed by atoms with E-state index >= 15 is 0 Å². The van der Waals surface area contributed by atoms with E-state index in [2.05, 4.69) is 5.32 Å². The zero-order valence-corrected chi connectivity index (χ0v) is 9.21. The van der Waals surface area contributed by atoms with E-state index in [9.17, 15) is 13.6 Å². The van der Waals surface area contributed by atoms with Gasteiger partial charge in [-0.3, -0.25) is 4.79 Å². The van der Waals surface area contributed by atoms with E-state index in [0.29, 0.717) is 5.56 Å². The first-order chi connectivity index (χ1) is 7.54. The van der Waals surface area contributed by atoms with Crippen LogP contribution in [0.4, 0.5) is 14.5 Å². The van der Waals surface area contributed by atoms with Gasteiger partial charge >= 0.3 is 0 Å². The normalized spacial score (nSPS) is 10.3. The zero-order valence-electron chi connectivity index (χ0n) is 9.21. The third-order valence-electron chi connectivity index (χ3n) is 2.18. The number of carbonyl (C=O) groups is 1. The lowest BCUT2D eigenvalue weighted by atomic mass is 10.2. The van der Waals surface area contributed by atoms with Crippen molar-refractivity contribution >= 4 is 11.6 Å². The average molecular weight is 228 g/mol. The molecule has 0 saturated carbocycles. The number of anilines is 1. The number of nitrogens with one attached hydrogen (secondary N) is 1. The van der Waals surface area contributed by atoms with Crippen molar-refractivity contribution in [3.63, 3.8) is 0 Å². The Balaban J connectivity index is 2.72. The Morgan fingerprint density at radius 3 is 2.38 bits per heavy atom. The Labute approximate surface area is 93.1 Å². The van der Waals surface area contributed by atoms with Gasteiger partial charge in [0.15, 0.2) is 0 Å². The van der Waals surface area contributed by atoms with Crippen LogP contribution < -0.4 is 5.32 Å². The van der Waals surface area contributed by atoms with Gasteiger partial charge < -0.3 is 10.2 Å².